The zero-order valence-corrected chi connectivity index (χ0v) is 14.2. The number of Topliss-reactive ketones (excluding diaryl/α,β-unsaturated/α-hetero) is 2. The summed E-state index contributed by atoms with van der Waals surface area (Å²) in [7, 11) is 1.70. The molecule has 0 radical (unpaired) electrons. The van der Waals surface area contributed by atoms with Crippen molar-refractivity contribution < 1.29 is 14.3 Å². The number of hydrogen-bond acceptors (Lipinski definition) is 3. The predicted octanol–water partition coefficient (Wildman–Crippen LogP) is 4.22. The zero-order chi connectivity index (χ0) is 16.4. The Bertz CT molecular complexity index is 601. The summed E-state index contributed by atoms with van der Waals surface area (Å²) in [4.78, 5) is 24.6. The molecule has 0 aromatic heterocycles. The number of ether oxygens (including phenoxy) is 1. The monoisotopic (exact) mass is 314 g/mol. The second kappa shape index (κ2) is 6.46. The summed E-state index contributed by atoms with van der Waals surface area (Å²) in [6.45, 7) is 1.99. The Kier molecular flexibility index (Phi) is 4.56. The third-order valence-corrected chi connectivity index (χ3v) is 5.96. The van der Waals surface area contributed by atoms with Crippen LogP contribution < -0.4 is 4.74 Å². The Labute approximate surface area is 138 Å². The lowest BCUT2D eigenvalue weighted by Crippen LogP contribution is -2.32. The molecule has 0 saturated heterocycles. The van der Waals surface area contributed by atoms with E-state index in [0.717, 1.165) is 31.4 Å². The maximum absolute atomic E-state index is 12.3. The second-order valence-electron chi connectivity index (χ2n) is 6.97. The third-order valence-electron chi connectivity index (χ3n) is 5.96. The summed E-state index contributed by atoms with van der Waals surface area (Å²) < 4.78 is 5.33. The lowest BCUT2D eigenvalue weighted by atomic mass is 9.72. The van der Waals surface area contributed by atoms with Gasteiger partial charge in [0, 0.05) is 12.8 Å². The first-order valence-electron chi connectivity index (χ1n) is 8.84. The van der Waals surface area contributed by atoms with Crippen molar-refractivity contribution in [3.8, 4) is 5.75 Å². The molecule has 1 saturated carbocycles. The van der Waals surface area contributed by atoms with E-state index in [4.69, 9.17) is 4.74 Å². The van der Waals surface area contributed by atoms with Crippen LogP contribution in [0.3, 0.4) is 0 Å². The molecule has 1 fully saturated rings. The molecule has 0 heterocycles. The lowest BCUT2D eigenvalue weighted by Gasteiger charge is -2.30. The molecule has 124 valence electrons. The molecular weight excluding hydrogens is 288 g/mol. The van der Waals surface area contributed by atoms with Gasteiger partial charge in [-0.05, 0) is 67.7 Å². The van der Waals surface area contributed by atoms with E-state index in [-0.39, 0.29) is 11.6 Å². The van der Waals surface area contributed by atoms with Crippen LogP contribution in [0.4, 0.5) is 0 Å². The molecule has 0 spiro atoms. The van der Waals surface area contributed by atoms with Crippen molar-refractivity contribution in [1.82, 2.24) is 0 Å². The molecule has 1 unspecified atom stereocenters. The van der Waals surface area contributed by atoms with E-state index < -0.39 is 5.41 Å². The normalized spacial score (nSPS) is 23.0. The topological polar surface area (TPSA) is 43.4 Å². The molecule has 23 heavy (non-hydrogen) atoms. The molecule has 1 aromatic rings. The molecule has 3 heteroatoms. The molecule has 3 rings (SSSR count). The van der Waals surface area contributed by atoms with Crippen LogP contribution in [-0.4, -0.2) is 18.7 Å². The largest absolute Gasteiger partial charge is 0.497 e. The van der Waals surface area contributed by atoms with Gasteiger partial charge in [0.1, 0.15) is 17.3 Å². The van der Waals surface area contributed by atoms with Gasteiger partial charge in [0.25, 0.3) is 0 Å². The summed E-state index contributed by atoms with van der Waals surface area (Å²) in [5.41, 5.74) is 2.08. The van der Waals surface area contributed by atoms with Crippen molar-refractivity contribution >= 4 is 11.6 Å². The summed E-state index contributed by atoms with van der Waals surface area (Å²) in [6.07, 6.45) is 6.64. The molecule has 1 atom stereocenters. The fourth-order valence-corrected chi connectivity index (χ4v) is 4.45. The van der Waals surface area contributed by atoms with E-state index >= 15 is 0 Å². The fourth-order valence-electron chi connectivity index (χ4n) is 4.45. The van der Waals surface area contributed by atoms with Gasteiger partial charge in [0.2, 0.25) is 0 Å². The van der Waals surface area contributed by atoms with Crippen molar-refractivity contribution in [1.29, 1.82) is 0 Å². The molecule has 0 bridgehead atoms. The molecule has 2 aliphatic carbocycles. The summed E-state index contributed by atoms with van der Waals surface area (Å²) in [5.74, 6) is 1.73. The highest BCUT2D eigenvalue weighted by Gasteiger charge is 2.47. The van der Waals surface area contributed by atoms with Crippen LogP contribution in [-0.2, 0) is 16.0 Å². The van der Waals surface area contributed by atoms with E-state index in [1.165, 1.54) is 17.5 Å². The van der Waals surface area contributed by atoms with Crippen molar-refractivity contribution in [2.24, 2.45) is 5.41 Å². The number of carbonyl (C=O) groups excluding carboxylic acids is 2. The first-order chi connectivity index (χ1) is 11.1. The average Bonchev–Trinajstić information content (AvgIpc) is 2.87. The Morgan fingerprint density at radius 1 is 1.17 bits per heavy atom. The number of ketones is 2. The number of methoxy groups -OCH3 is 1. The van der Waals surface area contributed by atoms with E-state index in [9.17, 15) is 9.59 Å². The van der Waals surface area contributed by atoms with Crippen LogP contribution in [0.5, 0.6) is 5.75 Å². The van der Waals surface area contributed by atoms with E-state index in [2.05, 4.69) is 12.1 Å². The van der Waals surface area contributed by atoms with Crippen LogP contribution in [0.1, 0.15) is 68.9 Å². The Morgan fingerprint density at radius 3 is 2.57 bits per heavy atom. The standard InChI is InChI=1S/C20H26O3/c1-3-20(18(21)9-10-19(20)22)12-11-14-5-4-6-15-13-16(23-2)7-8-17(14)15/h7-8,13-14H,3-6,9-12H2,1-2H3. The van der Waals surface area contributed by atoms with Gasteiger partial charge in [0.05, 0.1) is 12.5 Å². The molecule has 2 aliphatic rings. The lowest BCUT2D eigenvalue weighted by molar-refractivity contribution is -0.135. The van der Waals surface area contributed by atoms with Gasteiger partial charge in [-0.1, -0.05) is 13.0 Å². The number of carbonyl (C=O) groups is 2. The van der Waals surface area contributed by atoms with E-state index in [1.807, 2.05) is 13.0 Å². The number of fused-ring (bicyclic) bond motifs is 1. The number of benzene rings is 1. The maximum Gasteiger partial charge on any atom is 0.146 e. The minimum absolute atomic E-state index is 0.177. The van der Waals surface area contributed by atoms with Gasteiger partial charge in [0.15, 0.2) is 0 Å². The molecule has 3 nitrogen and oxygen atoms in total. The Hall–Kier alpha value is -1.64. The van der Waals surface area contributed by atoms with Crippen molar-refractivity contribution in [2.45, 2.75) is 64.2 Å². The number of rotatable bonds is 5. The van der Waals surface area contributed by atoms with Gasteiger partial charge in [-0.15, -0.1) is 0 Å². The maximum atomic E-state index is 12.3. The van der Waals surface area contributed by atoms with Crippen molar-refractivity contribution in [3.63, 3.8) is 0 Å². The SMILES string of the molecule is CCC1(CCC2CCCc3cc(OC)ccc32)C(=O)CCC1=O. The van der Waals surface area contributed by atoms with Gasteiger partial charge < -0.3 is 4.74 Å². The third kappa shape index (κ3) is 2.82. The Balaban J connectivity index is 1.77. The van der Waals surface area contributed by atoms with Gasteiger partial charge in [-0.3, -0.25) is 9.59 Å². The van der Waals surface area contributed by atoms with Crippen LogP contribution in [0.2, 0.25) is 0 Å². The highest BCUT2D eigenvalue weighted by atomic mass is 16.5. The van der Waals surface area contributed by atoms with E-state index in [0.29, 0.717) is 25.2 Å². The smallest absolute Gasteiger partial charge is 0.146 e. The molecule has 0 N–H and O–H groups in total. The number of aryl methyl sites for hydroxylation is 1. The van der Waals surface area contributed by atoms with Gasteiger partial charge in [-0.25, -0.2) is 0 Å². The fraction of sp³-hybridized carbons (Fsp3) is 0.600. The Morgan fingerprint density at radius 2 is 1.91 bits per heavy atom. The van der Waals surface area contributed by atoms with Gasteiger partial charge >= 0.3 is 0 Å². The van der Waals surface area contributed by atoms with Gasteiger partial charge in [-0.2, -0.15) is 0 Å². The van der Waals surface area contributed by atoms with Crippen LogP contribution in [0.25, 0.3) is 0 Å². The van der Waals surface area contributed by atoms with Crippen molar-refractivity contribution in [2.75, 3.05) is 7.11 Å². The second-order valence-corrected chi connectivity index (χ2v) is 6.97. The van der Waals surface area contributed by atoms with E-state index in [1.54, 1.807) is 7.11 Å². The summed E-state index contributed by atoms with van der Waals surface area (Å²) >= 11 is 0. The highest BCUT2D eigenvalue weighted by molar-refractivity contribution is 6.12. The first-order valence-corrected chi connectivity index (χ1v) is 8.84. The molecule has 0 amide bonds. The number of hydrogen-bond donors (Lipinski definition) is 0. The molecule has 1 aromatic carbocycles. The summed E-state index contributed by atoms with van der Waals surface area (Å²) in [5, 5.41) is 0. The molecular formula is C20H26O3. The summed E-state index contributed by atoms with van der Waals surface area (Å²) in [6, 6.07) is 6.34. The minimum atomic E-state index is -0.677. The van der Waals surface area contributed by atoms with Crippen molar-refractivity contribution in [3.05, 3.63) is 29.3 Å². The minimum Gasteiger partial charge on any atom is -0.497 e. The van der Waals surface area contributed by atoms with Crippen LogP contribution in [0, 0.1) is 5.41 Å². The van der Waals surface area contributed by atoms with Crippen LogP contribution >= 0.6 is 0 Å². The molecule has 0 aliphatic heterocycles. The zero-order valence-electron chi connectivity index (χ0n) is 14.2. The van der Waals surface area contributed by atoms with Crippen LogP contribution in [0.15, 0.2) is 18.2 Å². The average molecular weight is 314 g/mol. The predicted molar refractivity (Wildman–Crippen MR) is 89.9 cm³/mol. The highest BCUT2D eigenvalue weighted by Crippen LogP contribution is 2.43. The quantitative estimate of drug-likeness (QED) is 0.764. The first kappa shape index (κ1) is 16.2.